The molecule has 278 valence electrons. The van der Waals surface area contributed by atoms with Crippen molar-refractivity contribution in [1.29, 1.82) is 10.5 Å². The van der Waals surface area contributed by atoms with E-state index in [0.29, 0.717) is 22.5 Å². The molecular weight excluding hydrogens is 719 g/mol. The van der Waals surface area contributed by atoms with E-state index >= 15 is 0 Å². The van der Waals surface area contributed by atoms with Gasteiger partial charge in [0.1, 0.15) is 12.1 Å². The number of hydrogen-bond acceptors (Lipinski definition) is 2. The zero-order valence-corrected chi connectivity index (χ0v) is 32.7. The molecule has 10 rings (SSSR count). The Morgan fingerprint density at radius 1 is 0.542 bits per heavy atom. The quantitative estimate of drug-likeness (QED) is 0.163. The highest BCUT2D eigenvalue weighted by Gasteiger charge is 2.27. The van der Waals surface area contributed by atoms with Crippen LogP contribution in [0.2, 0.25) is 0 Å². The SMILES string of the molecule is C=Cc1c(/C=C\C)c2ccccc2n1C(=C)c1c(/C=C\C)n(-c2cc(C#N)c(-n3c4ccccc4c4c5ccccc5ccc43)cc2C#N)c2ccc3ccccc3c12. The van der Waals surface area contributed by atoms with Gasteiger partial charge in [-0.05, 0) is 83.9 Å². The molecule has 3 heterocycles. The van der Waals surface area contributed by atoms with E-state index in [1.54, 1.807) is 0 Å². The summed E-state index contributed by atoms with van der Waals surface area (Å²) in [5, 5.41) is 30.9. The second-order valence-corrected chi connectivity index (χ2v) is 14.7. The molecule has 0 spiro atoms. The van der Waals surface area contributed by atoms with Crippen molar-refractivity contribution in [3.8, 4) is 23.5 Å². The predicted molar refractivity (Wildman–Crippen MR) is 248 cm³/mol. The highest BCUT2D eigenvalue weighted by Crippen LogP contribution is 2.44. The number of fused-ring (bicyclic) bond motifs is 9. The number of hydrogen-bond donors (Lipinski definition) is 0. The summed E-state index contributed by atoms with van der Waals surface area (Å²) in [5.74, 6) is 0. The van der Waals surface area contributed by atoms with Crippen LogP contribution in [-0.2, 0) is 0 Å². The van der Waals surface area contributed by atoms with E-state index < -0.39 is 0 Å². The minimum atomic E-state index is 0.437. The first-order valence-corrected chi connectivity index (χ1v) is 19.7. The van der Waals surface area contributed by atoms with Gasteiger partial charge in [0.25, 0.3) is 0 Å². The van der Waals surface area contributed by atoms with Gasteiger partial charge < -0.3 is 13.7 Å². The Bertz CT molecular complexity index is 3580. The van der Waals surface area contributed by atoms with E-state index in [-0.39, 0.29) is 0 Å². The van der Waals surface area contributed by atoms with Crippen LogP contribution in [-0.4, -0.2) is 13.7 Å². The summed E-state index contributed by atoms with van der Waals surface area (Å²) in [6, 6.07) is 50.8. The molecule has 5 nitrogen and oxygen atoms in total. The van der Waals surface area contributed by atoms with Crippen molar-refractivity contribution in [3.05, 3.63) is 192 Å². The lowest BCUT2D eigenvalue weighted by Crippen LogP contribution is -2.06. The Kier molecular flexibility index (Phi) is 8.27. The normalized spacial score (nSPS) is 11.9. The van der Waals surface area contributed by atoms with Gasteiger partial charge in [-0.15, -0.1) is 0 Å². The van der Waals surface area contributed by atoms with Crippen molar-refractivity contribution in [3.63, 3.8) is 0 Å². The average Bonchev–Trinajstić information content (AvgIpc) is 3.91. The van der Waals surface area contributed by atoms with Crippen LogP contribution in [0, 0.1) is 22.7 Å². The van der Waals surface area contributed by atoms with Gasteiger partial charge in [-0.25, -0.2) is 0 Å². The van der Waals surface area contributed by atoms with E-state index in [4.69, 9.17) is 6.58 Å². The highest BCUT2D eigenvalue weighted by atomic mass is 15.0. The lowest BCUT2D eigenvalue weighted by molar-refractivity contribution is 1.07. The van der Waals surface area contributed by atoms with E-state index in [1.165, 1.54) is 0 Å². The number of nitriles is 2. The fraction of sp³-hybridized carbons (Fsp3) is 0.0370. The second-order valence-electron chi connectivity index (χ2n) is 14.7. The van der Waals surface area contributed by atoms with Crippen LogP contribution in [0.3, 0.4) is 0 Å². The Morgan fingerprint density at radius 3 is 1.68 bits per heavy atom. The van der Waals surface area contributed by atoms with Gasteiger partial charge in [-0.2, -0.15) is 10.5 Å². The van der Waals surface area contributed by atoms with Crippen molar-refractivity contribution < 1.29 is 0 Å². The molecule has 0 N–H and O–H groups in total. The molecule has 0 fully saturated rings. The molecule has 0 atom stereocenters. The highest BCUT2D eigenvalue weighted by molar-refractivity contribution is 6.21. The summed E-state index contributed by atoms with van der Waals surface area (Å²) in [7, 11) is 0. The first-order chi connectivity index (χ1) is 29.0. The van der Waals surface area contributed by atoms with Gasteiger partial charge in [-0.1, -0.05) is 128 Å². The first kappa shape index (κ1) is 35.3. The Hall–Kier alpha value is -8.12. The number of para-hydroxylation sites is 2. The van der Waals surface area contributed by atoms with Crippen LogP contribution >= 0.6 is 0 Å². The second kappa shape index (κ2) is 13.8. The third-order valence-electron chi connectivity index (χ3n) is 11.7. The number of allylic oxidation sites excluding steroid dienone is 2. The van der Waals surface area contributed by atoms with Crippen molar-refractivity contribution in [2.75, 3.05) is 0 Å². The maximum absolute atomic E-state index is 11.1. The minimum Gasteiger partial charge on any atom is -0.309 e. The monoisotopic (exact) mass is 755 g/mol. The van der Waals surface area contributed by atoms with E-state index in [2.05, 4.69) is 142 Å². The topological polar surface area (TPSA) is 62.4 Å². The molecule has 0 bridgehead atoms. The third kappa shape index (κ3) is 5.09. The molecule has 0 saturated heterocycles. The van der Waals surface area contributed by atoms with Gasteiger partial charge >= 0.3 is 0 Å². The standard InChI is InChI=1S/C54H37N5/c1-5-16-41-42-22-12-14-24-45(42)57(44(41)7-3)34(4)52-47(17-6-2)59(49-29-27-36-19-9-11-21-40(36)54(49)52)51-31-37(32-55)50(30-38(51)33-56)58-46-25-15-13-23-43(46)53-39-20-10-8-18-35(39)26-28-48(53)58/h5-31H,3-4H2,1-2H3/b16-5-,17-6-. The zero-order valence-electron chi connectivity index (χ0n) is 32.7. The maximum Gasteiger partial charge on any atom is 0.101 e. The lowest BCUT2D eigenvalue weighted by Gasteiger charge is -2.17. The average molecular weight is 756 g/mol. The molecular formula is C54H37N5. The summed E-state index contributed by atoms with van der Waals surface area (Å²) in [4.78, 5) is 0. The van der Waals surface area contributed by atoms with E-state index in [1.807, 2.05) is 68.5 Å². The van der Waals surface area contributed by atoms with Gasteiger partial charge in [0, 0.05) is 38.4 Å². The summed E-state index contributed by atoms with van der Waals surface area (Å²) < 4.78 is 6.47. The van der Waals surface area contributed by atoms with Crippen LogP contribution < -0.4 is 0 Å². The fourth-order valence-electron chi connectivity index (χ4n) is 9.30. The maximum atomic E-state index is 11.1. The van der Waals surface area contributed by atoms with Gasteiger partial charge in [0.05, 0.1) is 56.0 Å². The minimum absolute atomic E-state index is 0.437. The first-order valence-electron chi connectivity index (χ1n) is 19.7. The van der Waals surface area contributed by atoms with Crippen molar-refractivity contribution in [2.45, 2.75) is 13.8 Å². The van der Waals surface area contributed by atoms with Crippen LogP contribution in [0.4, 0.5) is 0 Å². The van der Waals surface area contributed by atoms with Crippen LogP contribution in [0.1, 0.15) is 47.5 Å². The van der Waals surface area contributed by atoms with Crippen molar-refractivity contribution in [2.24, 2.45) is 0 Å². The number of rotatable bonds is 7. The third-order valence-corrected chi connectivity index (χ3v) is 11.7. The molecule has 59 heavy (non-hydrogen) atoms. The molecule has 0 radical (unpaired) electrons. The van der Waals surface area contributed by atoms with Gasteiger partial charge in [0.15, 0.2) is 0 Å². The van der Waals surface area contributed by atoms with Crippen molar-refractivity contribution >= 4 is 89.1 Å². The van der Waals surface area contributed by atoms with Gasteiger partial charge in [0.2, 0.25) is 0 Å². The zero-order chi connectivity index (χ0) is 40.4. The predicted octanol–water partition coefficient (Wildman–Crippen LogP) is 14.0. The van der Waals surface area contributed by atoms with Crippen LogP contribution in [0.15, 0.2) is 159 Å². The molecule has 0 saturated carbocycles. The van der Waals surface area contributed by atoms with E-state index in [0.717, 1.165) is 93.4 Å². The smallest absolute Gasteiger partial charge is 0.101 e. The van der Waals surface area contributed by atoms with Crippen LogP contribution in [0.5, 0.6) is 0 Å². The Labute approximate surface area is 341 Å². The van der Waals surface area contributed by atoms with E-state index in [9.17, 15) is 10.5 Å². The van der Waals surface area contributed by atoms with Crippen molar-refractivity contribution in [1.82, 2.24) is 13.7 Å². The summed E-state index contributed by atoms with van der Waals surface area (Å²) in [5.41, 5.74) is 10.6. The molecule has 10 aromatic rings. The molecule has 5 heteroatoms. The summed E-state index contributed by atoms with van der Waals surface area (Å²) >= 11 is 0. The molecule has 7 aromatic carbocycles. The Balaban J connectivity index is 1.31. The Morgan fingerprint density at radius 2 is 1.07 bits per heavy atom. The molecule has 3 aromatic heterocycles. The largest absolute Gasteiger partial charge is 0.309 e. The number of benzene rings is 7. The molecule has 0 aliphatic rings. The molecule has 0 aliphatic carbocycles. The lowest BCUT2D eigenvalue weighted by atomic mass is 10.0. The van der Waals surface area contributed by atoms with Gasteiger partial charge in [-0.3, -0.25) is 0 Å². The fourth-order valence-corrected chi connectivity index (χ4v) is 9.30. The summed E-state index contributed by atoms with van der Waals surface area (Å²) in [6.45, 7) is 13.2. The number of nitrogens with zero attached hydrogens (tertiary/aromatic N) is 5. The molecule has 0 unspecified atom stereocenters. The summed E-state index contributed by atoms with van der Waals surface area (Å²) in [6.07, 6.45) is 10.2. The van der Waals surface area contributed by atoms with Crippen LogP contribution in [0.25, 0.3) is 100 Å². The molecule has 0 amide bonds. The number of aromatic nitrogens is 3. The molecule has 0 aliphatic heterocycles.